The molecule has 2 aliphatic carbocycles. The van der Waals surface area contributed by atoms with Gasteiger partial charge in [0.15, 0.2) is 13.4 Å². The highest BCUT2D eigenvalue weighted by atomic mass is 16.6. The zero-order valence-electron chi connectivity index (χ0n) is 38.6. The van der Waals surface area contributed by atoms with Gasteiger partial charge in [0.1, 0.15) is 0 Å². The zero-order chi connectivity index (χ0) is 45.0. The van der Waals surface area contributed by atoms with Crippen LogP contribution in [0.5, 0.6) is 0 Å². The van der Waals surface area contributed by atoms with Crippen LogP contribution in [-0.4, -0.2) is 166 Å². The molecule has 1 spiro atoms. The predicted molar refractivity (Wildman–Crippen MR) is 238 cm³/mol. The quantitative estimate of drug-likeness (QED) is 0.163. The summed E-state index contributed by atoms with van der Waals surface area (Å²) in [6.45, 7) is 9.54. The topological polar surface area (TPSA) is 142 Å². The normalized spacial score (nSPS) is 39.9. The van der Waals surface area contributed by atoms with Gasteiger partial charge in [0, 0.05) is 82.3 Å². The van der Waals surface area contributed by atoms with E-state index in [1.54, 1.807) is 7.11 Å². The van der Waals surface area contributed by atoms with Crippen molar-refractivity contribution in [2.75, 3.05) is 75.2 Å². The second-order valence-electron chi connectivity index (χ2n) is 20.2. The van der Waals surface area contributed by atoms with Gasteiger partial charge in [-0.25, -0.2) is 4.79 Å². The Bertz CT molecular complexity index is 2210. The highest BCUT2D eigenvalue weighted by Gasteiger charge is 2.81. The number of methoxy groups -OCH3 is 3. The maximum atomic E-state index is 15.6. The minimum atomic E-state index is -2.29. The number of esters is 3. The van der Waals surface area contributed by atoms with Gasteiger partial charge in [-0.2, -0.15) is 0 Å². The molecule has 13 nitrogen and oxygen atoms in total. The van der Waals surface area contributed by atoms with Gasteiger partial charge in [-0.1, -0.05) is 61.2 Å². The summed E-state index contributed by atoms with van der Waals surface area (Å²) in [5.74, 6) is -2.46. The van der Waals surface area contributed by atoms with Gasteiger partial charge in [0.2, 0.25) is 5.60 Å². The summed E-state index contributed by atoms with van der Waals surface area (Å²) in [6.07, 6.45) is 9.90. The molecule has 1 radical (unpaired) electrons. The van der Waals surface area contributed by atoms with Gasteiger partial charge in [-0.3, -0.25) is 19.4 Å². The first-order valence-corrected chi connectivity index (χ1v) is 23.0. The van der Waals surface area contributed by atoms with E-state index in [1.165, 1.54) is 26.7 Å². The molecule has 6 heterocycles. The third-order valence-electron chi connectivity index (χ3n) is 16.8. The molecule has 1 aromatic carbocycles. The number of carbonyl (C=O) groups is 3. The summed E-state index contributed by atoms with van der Waals surface area (Å²) in [6, 6.07) is 5.44. The molecule has 2 bridgehead atoms. The third kappa shape index (κ3) is 6.20. The second kappa shape index (κ2) is 15.7. The van der Waals surface area contributed by atoms with Gasteiger partial charge in [-0.15, -0.1) is 0 Å². The Morgan fingerprint density at radius 3 is 2.41 bits per heavy atom. The van der Waals surface area contributed by atoms with E-state index < -0.39 is 63.6 Å². The maximum absolute atomic E-state index is 15.6. The molecule has 3 unspecified atom stereocenters. The largest absolute Gasteiger partial charge is 0.468 e. The van der Waals surface area contributed by atoms with Crippen LogP contribution in [0.2, 0.25) is 0 Å². The lowest BCUT2D eigenvalue weighted by Gasteiger charge is -2.63. The molecule has 3 saturated heterocycles. The molecule has 8 aliphatic rings. The summed E-state index contributed by atoms with van der Waals surface area (Å²) in [4.78, 5) is 52.1. The van der Waals surface area contributed by atoms with Crippen LogP contribution < -0.4 is 5.46 Å². The smallest absolute Gasteiger partial charge is 0.344 e. The van der Waals surface area contributed by atoms with Gasteiger partial charge >= 0.3 is 17.9 Å². The van der Waals surface area contributed by atoms with E-state index in [0.717, 1.165) is 53.0 Å². The number of fused-ring (bicyclic) bond motifs is 5. The summed E-state index contributed by atoms with van der Waals surface area (Å²) in [7, 11) is 12.7. The average Bonchev–Trinajstić information content (AvgIpc) is 3.92. The van der Waals surface area contributed by atoms with Crippen molar-refractivity contribution in [1.29, 1.82) is 0 Å². The number of likely N-dealkylation sites (N-methyl/N-ethyl adjacent to an activating group) is 1. The predicted octanol–water partition coefficient (Wildman–Crippen LogP) is 2.86. The number of carbonyl (C=O) groups excluding carboxylic acids is 3. The number of piperidine rings is 1. The minimum absolute atomic E-state index is 0.0590. The van der Waals surface area contributed by atoms with Crippen LogP contribution in [0.15, 0.2) is 59.2 Å². The number of nitrogens with zero attached hydrogens (tertiary/aromatic N) is 4. The molecule has 9 rings (SSSR count). The van der Waals surface area contributed by atoms with Gasteiger partial charge in [-0.05, 0) is 93.4 Å². The van der Waals surface area contributed by atoms with Crippen LogP contribution in [0.4, 0.5) is 0 Å². The van der Waals surface area contributed by atoms with Crippen molar-refractivity contribution in [3.05, 3.63) is 70.4 Å². The summed E-state index contributed by atoms with van der Waals surface area (Å²) >= 11 is 0. The number of allylic oxidation sites excluding steroid dienone is 1. The molecule has 2 N–H and O–H groups in total. The fraction of sp³-hybridized carbons (Fsp3) is 0.653. The fourth-order valence-electron chi connectivity index (χ4n) is 14.6. The zero-order valence-corrected chi connectivity index (χ0v) is 38.6. The van der Waals surface area contributed by atoms with E-state index in [9.17, 15) is 19.8 Å². The molecule has 14 heteroatoms. The standard InChI is InChI=1S/C49H66BN4O9/c1-10-45(58)24-31-25-48(43(56)61-8,39-32(15-19-53(27-31)28-45)33-21-30(26-51(4)5)13-14-36(33)50-39)35-22-34-37(23-38(35)60-7)52(6)41-47(34)17-20-54-18-12-16-46(11-2,40(47)54)42(63-29(3)55)49(41,59)44(57)62-9/h12-14,16,21-23,31,35,38,40-42,58-59H,10-11,15,17-20,24-28H2,1-9H3/t31-,35?,38?,40+,41-,42-,45+,46-,47-,48+,49+/m1/s1. The third-order valence-corrected chi connectivity index (χ3v) is 16.8. The molecule has 6 aliphatic heterocycles. The number of benzene rings is 1. The molecule has 63 heavy (non-hydrogen) atoms. The van der Waals surface area contributed by atoms with Gasteiger partial charge < -0.3 is 39.0 Å². The van der Waals surface area contributed by atoms with Crippen LogP contribution in [0.3, 0.4) is 0 Å². The molecule has 1 saturated carbocycles. The van der Waals surface area contributed by atoms with Gasteiger partial charge in [0.05, 0.1) is 37.4 Å². The Morgan fingerprint density at radius 1 is 0.984 bits per heavy atom. The average molecular weight is 866 g/mol. The van der Waals surface area contributed by atoms with Crippen LogP contribution >= 0.6 is 0 Å². The SMILES string of the molecule is CC[C@]1(O)C[C@H]2CN(CCC3=C([B]c4ccc(CN(C)C)cc43)[C@@](C(=O)OC)(C3C=C4C(=CC3OC)N(C)[C@H]3[C@@](O)(C(=O)OC)[C@H](OC(C)=O)[C@]5(CC)C=CCN6CC[C@]43[C@@H]65)C2)C1. The van der Waals surface area contributed by atoms with E-state index in [0.29, 0.717) is 58.2 Å². The summed E-state index contributed by atoms with van der Waals surface area (Å²) in [5.41, 5.74) is 0.840. The Labute approximate surface area is 373 Å². The van der Waals surface area contributed by atoms with Crippen molar-refractivity contribution < 1.29 is 43.5 Å². The summed E-state index contributed by atoms with van der Waals surface area (Å²) < 4.78 is 24.3. The monoisotopic (exact) mass is 865 g/mol. The Hall–Kier alpha value is -3.79. The molecule has 339 valence electrons. The number of hydrogen-bond acceptors (Lipinski definition) is 13. The fourth-order valence-corrected chi connectivity index (χ4v) is 14.6. The lowest BCUT2D eigenvalue weighted by Crippen LogP contribution is -2.79. The van der Waals surface area contributed by atoms with Crippen LogP contribution in [-0.2, 0) is 39.9 Å². The molecular formula is C49H66BN4O9. The molecular weight excluding hydrogens is 799 g/mol. The number of ether oxygens (including phenoxy) is 4. The molecule has 0 aromatic heterocycles. The van der Waals surface area contributed by atoms with Crippen molar-refractivity contribution in [3.63, 3.8) is 0 Å². The first kappa shape index (κ1) is 44.4. The first-order valence-electron chi connectivity index (χ1n) is 23.0. The second-order valence-corrected chi connectivity index (χ2v) is 20.2. The maximum Gasteiger partial charge on any atom is 0.344 e. The van der Waals surface area contributed by atoms with Crippen LogP contribution in [0.25, 0.3) is 5.57 Å². The van der Waals surface area contributed by atoms with Crippen molar-refractivity contribution >= 4 is 36.2 Å². The number of likely N-dealkylation sites (tertiary alicyclic amines) is 1. The Balaban J connectivity index is 1.31. The molecule has 4 fully saturated rings. The van der Waals surface area contributed by atoms with Crippen LogP contribution in [0, 0.1) is 28.1 Å². The minimum Gasteiger partial charge on any atom is -0.468 e. The summed E-state index contributed by atoms with van der Waals surface area (Å²) in [5, 5.41) is 25.5. The number of aliphatic hydroxyl groups is 2. The highest BCUT2D eigenvalue weighted by Crippen LogP contribution is 2.70. The lowest BCUT2D eigenvalue weighted by atomic mass is 9.46. The Kier molecular flexibility index (Phi) is 11.1. The molecule has 1 aromatic rings. The van der Waals surface area contributed by atoms with Gasteiger partial charge in [0.25, 0.3) is 0 Å². The number of rotatable bonds is 9. The van der Waals surface area contributed by atoms with Crippen molar-refractivity contribution in [1.82, 2.24) is 19.6 Å². The van der Waals surface area contributed by atoms with E-state index in [4.69, 9.17) is 18.9 Å². The Morgan fingerprint density at radius 2 is 1.75 bits per heavy atom. The van der Waals surface area contributed by atoms with E-state index in [2.05, 4.69) is 78.6 Å². The molecule has 12 atom stereocenters. The van der Waals surface area contributed by atoms with Crippen molar-refractivity contribution in [3.8, 4) is 0 Å². The van der Waals surface area contributed by atoms with E-state index in [1.807, 2.05) is 25.8 Å². The van der Waals surface area contributed by atoms with Crippen molar-refractivity contribution in [2.24, 2.45) is 28.1 Å². The first-order chi connectivity index (χ1) is 30.0. The van der Waals surface area contributed by atoms with Crippen LogP contribution in [0.1, 0.15) is 70.4 Å². The number of hydrogen-bond donors (Lipinski definition) is 2. The van der Waals surface area contributed by atoms with Crippen molar-refractivity contribution in [2.45, 2.75) is 101 Å². The van der Waals surface area contributed by atoms with E-state index >= 15 is 4.79 Å². The molecule has 0 amide bonds. The van der Waals surface area contributed by atoms with E-state index in [-0.39, 0.29) is 17.9 Å². The lowest BCUT2D eigenvalue weighted by molar-refractivity contribution is -0.243. The highest BCUT2D eigenvalue weighted by molar-refractivity contribution is 6.67.